The molecule has 1 aliphatic heterocycles. The summed E-state index contributed by atoms with van der Waals surface area (Å²) in [4.78, 5) is 27.4. The summed E-state index contributed by atoms with van der Waals surface area (Å²) in [5, 5.41) is 0.965. The molecule has 5 nitrogen and oxygen atoms in total. The second-order valence-electron chi connectivity index (χ2n) is 9.95. The maximum Gasteiger partial charge on any atom is 0.307 e. The van der Waals surface area contributed by atoms with Gasteiger partial charge in [0.05, 0.1) is 13.0 Å². The standard InChI is InChI=1S/C24H32N2O3/c1-5-29-21(27)10-12-25-11-9-18-19(7-6-8-20(18)25)22(28)26-16-24(4)14-17(26)13-23(2,3)15-24/h6-9,11,17H,5,10,12-16H2,1-4H3/t17-,24-/m1/s1. The first kappa shape index (κ1) is 20.0. The van der Waals surface area contributed by atoms with Crippen LogP contribution in [0.4, 0.5) is 0 Å². The summed E-state index contributed by atoms with van der Waals surface area (Å²) in [7, 11) is 0. The molecule has 1 saturated carbocycles. The van der Waals surface area contributed by atoms with Gasteiger partial charge >= 0.3 is 5.97 Å². The van der Waals surface area contributed by atoms with Crippen molar-refractivity contribution in [3.63, 3.8) is 0 Å². The molecule has 1 saturated heterocycles. The van der Waals surface area contributed by atoms with Crippen molar-refractivity contribution in [1.29, 1.82) is 0 Å². The van der Waals surface area contributed by atoms with Crippen molar-refractivity contribution in [2.75, 3.05) is 13.2 Å². The van der Waals surface area contributed by atoms with E-state index in [-0.39, 0.29) is 22.7 Å². The van der Waals surface area contributed by atoms with Gasteiger partial charge in [0.2, 0.25) is 0 Å². The van der Waals surface area contributed by atoms with Crippen LogP contribution in [0, 0.1) is 10.8 Å². The van der Waals surface area contributed by atoms with Crippen molar-refractivity contribution in [2.45, 2.75) is 66.0 Å². The molecule has 4 rings (SSSR count). The van der Waals surface area contributed by atoms with Crippen LogP contribution in [-0.2, 0) is 16.1 Å². The lowest BCUT2D eigenvalue weighted by atomic mass is 9.65. The van der Waals surface area contributed by atoms with E-state index in [1.165, 1.54) is 6.42 Å². The Morgan fingerprint density at radius 2 is 1.97 bits per heavy atom. The summed E-state index contributed by atoms with van der Waals surface area (Å²) < 4.78 is 7.07. The Labute approximate surface area is 173 Å². The van der Waals surface area contributed by atoms with E-state index in [0.29, 0.717) is 25.6 Å². The summed E-state index contributed by atoms with van der Waals surface area (Å²) in [6.07, 6.45) is 5.66. The van der Waals surface area contributed by atoms with Gasteiger partial charge in [-0.3, -0.25) is 9.59 Å². The lowest BCUT2D eigenvalue weighted by molar-refractivity contribution is -0.143. The highest BCUT2D eigenvalue weighted by atomic mass is 16.5. The maximum absolute atomic E-state index is 13.6. The first-order chi connectivity index (χ1) is 13.7. The van der Waals surface area contributed by atoms with E-state index in [9.17, 15) is 9.59 Å². The monoisotopic (exact) mass is 396 g/mol. The van der Waals surface area contributed by atoms with Crippen molar-refractivity contribution in [2.24, 2.45) is 10.8 Å². The molecular formula is C24H32N2O3. The average Bonchev–Trinajstić information content (AvgIpc) is 3.16. The fourth-order valence-corrected chi connectivity index (χ4v) is 5.90. The molecule has 156 valence electrons. The highest BCUT2D eigenvalue weighted by Crippen LogP contribution is 2.52. The van der Waals surface area contributed by atoms with Crippen molar-refractivity contribution in [3.05, 3.63) is 36.0 Å². The number of carbonyl (C=O) groups excluding carboxylic acids is 2. The largest absolute Gasteiger partial charge is 0.466 e. The van der Waals surface area contributed by atoms with Gasteiger partial charge in [-0.05, 0) is 55.2 Å². The van der Waals surface area contributed by atoms with Crippen molar-refractivity contribution in [3.8, 4) is 0 Å². The predicted molar refractivity (Wildman–Crippen MR) is 114 cm³/mol. The SMILES string of the molecule is CCOC(=O)CCn1ccc2c(C(=O)N3C[C@]4(C)C[C@H]3CC(C)(C)C4)cccc21. The Morgan fingerprint density at radius 1 is 1.17 bits per heavy atom. The Morgan fingerprint density at radius 3 is 2.72 bits per heavy atom. The summed E-state index contributed by atoms with van der Waals surface area (Å²) in [5.41, 5.74) is 2.27. The normalized spacial score (nSPS) is 25.4. The van der Waals surface area contributed by atoms with Crippen molar-refractivity contribution in [1.82, 2.24) is 9.47 Å². The number of ether oxygens (including phenoxy) is 1. The van der Waals surface area contributed by atoms with Crippen molar-refractivity contribution < 1.29 is 14.3 Å². The Kier molecular flexibility index (Phi) is 4.96. The van der Waals surface area contributed by atoms with E-state index in [4.69, 9.17) is 4.74 Å². The lowest BCUT2D eigenvalue weighted by Crippen LogP contribution is -2.37. The molecule has 0 spiro atoms. The molecule has 2 aromatic rings. The molecule has 5 heteroatoms. The third-order valence-electron chi connectivity index (χ3n) is 6.58. The van der Waals surface area contributed by atoms with Gasteiger partial charge in [-0.2, -0.15) is 0 Å². The third kappa shape index (κ3) is 3.79. The number of benzene rings is 1. The molecule has 1 aromatic heterocycles. The molecule has 2 fully saturated rings. The number of likely N-dealkylation sites (tertiary alicyclic amines) is 1. The fourth-order valence-electron chi connectivity index (χ4n) is 5.90. The van der Waals surface area contributed by atoms with Crippen LogP contribution in [0.3, 0.4) is 0 Å². The number of hydrogen-bond donors (Lipinski definition) is 0. The van der Waals surface area contributed by atoms with Crippen LogP contribution in [0.5, 0.6) is 0 Å². The summed E-state index contributed by atoms with van der Waals surface area (Å²) in [5.74, 6) is -0.0491. The van der Waals surface area contributed by atoms with Crippen LogP contribution < -0.4 is 0 Å². The summed E-state index contributed by atoms with van der Waals surface area (Å²) >= 11 is 0. The van der Waals surface area contributed by atoms with Gasteiger partial charge in [-0.1, -0.05) is 26.8 Å². The molecule has 0 radical (unpaired) electrons. The summed E-state index contributed by atoms with van der Waals surface area (Å²) in [6, 6.07) is 8.24. The molecule has 1 amide bonds. The minimum atomic E-state index is -0.193. The molecule has 0 unspecified atom stereocenters. The first-order valence-corrected chi connectivity index (χ1v) is 10.8. The number of esters is 1. The molecule has 2 atom stereocenters. The van der Waals surface area contributed by atoms with Crippen LogP contribution in [0.1, 0.15) is 63.7 Å². The fraction of sp³-hybridized carbons (Fsp3) is 0.583. The minimum absolute atomic E-state index is 0.144. The topological polar surface area (TPSA) is 51.5 Å². The first-order valence-electron chi connectivity index (χ1n) is 10.8. The quantitative estimate of drug-likeness (QED) is 0.692. The number of aromatic nitrogens is 1. The van der Waals surface area contributed by atoms with E-state index >= 15 is 0 Å². The third-order valence-corrected chi connectivity index (χ3v) is 6.58. The second-order valence-corrected chi connectivity index (χ2v) is 9.95. The molecule has 2 aliphatic rings. The zero-order chi connectivity index (χ0) is 20.8. The van der Waals surface area contributed by atoms with Crippen molar-refractivity contribution >= 4 is 22.8 Å². The van der Waals surface area contributed by atoms with Crippen LogP contribution in [0.2, 0.25) is 0 Å². The van der Waals surface area contributed by atoms with Gasteiger partial charge in [0.25, 0.3) is 5.91 Å². The number of fused-ring (bicyclic) bond motifs is 3. The second kappa shape index (κ2) is 7.19. The molecule has 2 heterocycles. The molecule has 1 aromatic carbocycles. The number of nitrogens with zero attached hydrogens (tertiary/aromatic N) is 2. The average molecular weight is 397 g/mol. The molecule has 0 N–H and O–H groups in total. The van der Waals surface area contributed by atoms with Gasteiger partial charge in [-0.25, -0.2) is 0 Å². The number of hydrogen-bond acceptors (Lipinski definition) is 3. The number of amides is 1. The van der Waals surface area contributed by atoms with E-state index < -0.39 is 0 Å². The minimum Gasteiger partial charge on any atom is -0.466 e. The summed E-state index contributed by atoms with van der Waals surface area (Å²) in [6.45, 7) is 10.6. The predicted octanol–water partition coefficient (Wildman–Crippen LogP) is 4.64. The van der Waals surface area contributed by atoms with Crippen LogP contribution in [0.15, 0.2) is 30.5 Å². The maximum atomic E-state index is 13.6. The van der Waals surface area contributed by atoms with E-state index in [2.05, 4.69) is 25.7 Å². The van der Waals surface area contributed by atoms with Gasteiger partial charge in [-0.15, -0.1) is 0 Å². The number of rotatable bonds is 5. The van der Waals surface area contributed by atoms with Gasteiger partial charge in [0, 0.05) is 41.8 Å². The smallest absolute Gasteiger partial charge is 0.307 e. The Balaban J connectivity index is 1.58. The van der Waals surface area contributed by atoms with E-state index in [1.54, 1.807) is 0 Å². The molecule has 2 bridgehead atoms. The Hall–Kier alpha value is -2.30. The van der Waals surface area contributed by atoms with Gasteiger partial charge < -0.3 is 14.2 Å². The van der Waals surface area contributed by atoms with E-state index in [0.717, 1.165) is 35.9 Å². The lowest BCUT2D eigenvalue weighted by Gasteiger charge is -2.39. The zero-order valence-corrected chi connectivity index (χ0v) is 18.0. The molecular weight excluding hydrogens is 364 g/mol. The number of carbonyl (C=O) groups is 2. The molecule has 1 aliphatic carbocycles. The van der Waals surface area contributed by atoms with Crippen LogP contribution in [-0.4, -0.2) is 40.5 Å². The zero-order valence-electron chi connectivity index (χ0n) is 18.0. The Bertz CT molecular complexity index is 945. The van der Waals surface area contributed by atoms with E-state index in [1.807, 2.05) is 42.0 Å². The van der Waals surface area contributed by atoms with Crippen LogP contribution >= 0.6 is 0 Å². The number of aryl methyl sites for hydroxylation is 1. The van der Waals surface area contributed by atoms with Gasteiger partial charge in [0.15, 0.2) is 0 Å². The highest BCUT2D eigenvalue weighted by Gasteiger charge is 2.51. The van der Waals surface area contributed by atoms with Crippen LogP contribution in [0.25, 0.3) is 10.9 Å². The highest BCUT2D eigenvalue weighted by molar-refractivity contribution is 6.06. The molecule has 29 heavy (non-hydrogen) atoms. The van der Waals surface area contributed by atoms with Gasteiger partial charge in [0.1, 0.15) is 0 Å².